The Morgan fingerprint density at radius 2 is 2.14 bits per heavy atom. The summed E-state index contributed by atoms with van der Waals surface area (Å²) in [4.78, 5) is 19.3. The van der Waals surface area contributed by atoms with Crippen LogP contribution >= 0.6 is 11.6 Å². The van der Waals surface area contributed by atoms with Gasteiger partial charge in [-0.25, -0.2) is 9.78 Å². The highest BCUT2D eigenvalue weighted by Crippen LogP contribution is 2.32. The van der Waals surface area contributed by atoms with Crippen molar-refractivity contribution in [2.45, 2.75) is 58.1 Å². The molecule has 28 heavy (non-hydrogen) atoms. The Labute approximate surface area is 171 Å². The molecule has 1 atom stereocenters. The summed E-state index contributed by atoms with van der Waals surface area (Å²) in [6.07, 6.45) is 2.56. The number of para-hydroxylation sites is 1. The molecule has 0 saturated carbocycles. The topological polar surface area (TPSA) is 56.6 Å². The number of rotatable bonds is 5. The molecule has 3 rings (SSSR count). The van der Waals surface area contributed by atoms with Gasteiger partial charge in [-0.15, -0.1) is 0 Å². The van der Waals surface area contributed by atoms with Gasteiger partial charge < -0.3 is 18.9 Å². The van der Waals surface area contributed by atoms with Crippen molar-refractivity contribution in [3.05, 3.63) is 29.0 Å². The van der Waals surface area contributed by atoms with E-state index in [0.717, 1.165) is 49.2 Å². The molecule has 6 nitrogen and oxygen atoms in total. The molecule has 1 saturated heterocycles. The maximum Gasteiger partial charge on any atom is 0.410 e. The third-order valence-electron chi connectivity index (χ3n) is 4.93. The molecule has 1 aliphatic heterocycles. The molecular formula is C21H30ClN3O3. The van der Waals surface area contributed by atoms with Crippen molar-refractivity contribution in [2.24, 2.45) is 0 Å². The van der Waals surface area contributed by atoms with E-state index in [0.29, 0.717) is 18.2 Å². The summed E-state index contributed by atoms with van der Waals surface area (Å²) in [7, 11) is 1.71. The highest BCUT2D eigenvalue weighted by molar-refractivity contribution is 6.34. The van der Waals surface area contributed by atoms with E-state index in [-0.39, 0.29) is 12.0 Å². The monoisotopic (exact) mass is 407 g/mol. The average molecular weight is 408 g/mol. The van der Waals surface area contributed by atoms with Gasteiger partial charge in [0.2, 0.25) is 0 Å². The lowest BCUT2D eigenvalue weighted by Gasteiger charge is -2.34. The van der Waals surface area contributed by atoms with Gasteiger partial charge in [-0.3, -0.25) is 0 Å². The molecule has 2 aromatic rings. The number of aromatic nitrogens is 2. The van der Waals surface area contributed by atoms with Gasteiger partial charge in [0.25, 0.3) is 0 Å². The van der Waals surface area contributed by atoms with Gasteiger partial charge in [0.15, 0.2) is 0 Å². The number of amides is 1. The van der Waals surface area contributed by atoms with E-state index < -0.39 is 5.60 Å². The zero-order valence-electron chi connectivity index (χ0n) is 17.2. The number of fused-ring (bicyclic) bond motifs is 1. The number of imidazole rings is 1. The summed E-state index contributed by atoms with van der Waals surface area (Å²) in [5.41, 5.74) is 1.36. The predicted octanol–water partition coefficient (Wildman–Crippen LogP) is 4.84. The Kier molecular flexibility index (Phi) is 6.50. The van der Waals surface area contributed by atoms with Crippen LogP contribution in [-0.4, -0.2) is 53.0 Å². The molecule has 1 aromatic heterocycles. The van der Waals surface area contributed by atoms with Gasteiger partial charge in [0.1, 0.15) is 16.9 Å². The molecule has 2 heterocycles. The van der Waals surface area contributed by atoms with Crippen molar-refractivity contribution in [3.63, 3.8) is 0 Å². The molecule has 7 heteroatoms. The molecule has 0 spiro atoms. The van der Waals surface area contributed by atoms with Crippen LogP contribution in [0.2, 0.25) is 5.02 Å². The standard InChI is InChI=1S/C21H30ClN3O3/c1-21(2,3)28-20(26)24-11-6-8-15(14-24)19-23-18-16(22)9-5-10-17(18)25(19)12-7-13-27-4/h5,9-10,15H,6-8,11-14H2,1-4H3. The summed E-state index contributed by atoms with van der Waals surface area (Å²) in [6, 6.07) is 5.88. The van der Waals surface area contributed by atoms with Crippen LogP contribution in [0.3, 0.4) is 0 Å². The summed E-state index contributed by atoms with van der Waals surface area (Å²) in [5, 5.41) is 0.657. The second kappa shape index (κ2) is 8.70. The molecule has 1 unspecified atom stereocenters. The molecule has 0 aliphatic carbocycles. The van der Waals surface area contributed by atoms with E-state index in [4.69, 9.17) is 26.1 Å². The molecule has 0 N–H and O–H groups in total. The van der Waals surface area contributed by atoms with Gasteiger partial charge in [0.05, 0.1) is 10.5 Å². The van der Waals surface area contributed by atoms with Gasteiger partial charge in [0, 0.05) is 39.3 Å². The third kappa shape index (κ3) is 4.78. The Hall–Kier alpha value is -1.79. The van der Waals surface area contributed by atoms with E-state index >= 15 is 0 Å². The number of hydrogen-bond acceptors (Lipinski definition) is 4. The van der Waals surface area contributed by atoms with Crippen LogP contribution in [0.1, 0.15) is 51.8 Å². The van der Waals surface area contributed by atoms with Crippen molar-refractivity contribution in [3.8, 4) is 0 Å². The second-order valence-corrected chi connectivity index (χ2v) is 8.75. The highest BCUT2D eigenvalue weighted by atomic mass is 35.5. The molecule has 1 aliphatic rings. The molecule has 1 aromatic carbocycles. The Bertz CT molecular complexity index is 828. The van der Waals surface area contributed by atoms with Gasteiger partial charge in [-0.1, -0.05) is 17.7 Å². The van der Waals surface area contributed by atoms with Crippen LogP contribution < -0.4 is 0 Å². The normalized spacial score (nSPS) is 17.9. The predicted molar refractivity (Wildman–Crippen MR) is 111 cm³/mol. The van der Waals surface area contributed by atoms with Crippen molar-refractivity contribution in [1.29, 1.82) is 0 Å². The van der Waals surface area contributed by atoms with Crippen LogP contribution in [-0.2, 0) is 16.0 Å². The van der Waals surface area contributed by atoms with Gasteiger partial charge >= 0.3 is 6.09 Å². The van der Waals surface area contributed by atoms with Crippen LogP contribution in [0.15, 0.2) is 18.2 Å². The first kappa shape index (κ1) is 20.9. The fourth-order valence-corrected chi connectivity index (χ4v) is 3.94. The van der Waals surface area contributed by atoms with E-state index in [1.807, 2.05) is 32.9 Å². The molecule has 0 radical (unpaired) electrons. The summed E-state index contributed by atoms with van der Waals surface area (Å²) < 4.78 is 13.0. The summed E-state index contributed by atoms with van der Waals surface area (Å²) in [6.45, 7) is 8.50. The van der Waals surface area contributed by atoms with Gasteiger partial charge in [-0.05, 0) is 52.2 Å². The van der Waals surface area contributed by atoms with Crippen molar-refractivity contribution >= 4 is 28.7 Å². The Morgan fingerprint density at radius 1 is 1.36 bits per heavy atom. The zero-order chi connectivity index (χ0) is 20.3. The smallest absolute Gasteiger partial charge is 0.410 e. The van der Waals surface area contributed by atoms with Crippen LogP contribution in [0.4, 0.5) is 4.79 Å². The van der Waals surface area contributed by atoms with Crippen molar-refractivity contribution < 1.29 is 14.3 Å². The minimum Gasteiger partial charge on any atom is -0.444 e. The molecular weight excluding hydrogens is 378 g/mol. The van der Waals surface area contributed by atoms with Crippen LogP contribution in [0.25, 0.3) is 11.0 Å². The first-order valence-corrected chi connectivity index (χ1v) is 10.3. The minimum absolute atomic E-state index is 0.160. The number of benzene rings is 1. The zero-order valence-corrected chi connectivity index (χ0v) is 18.0. The second-order valence-electron chi connectivity index (χ2n) is 8.34. The lowest BCUT2D eigenvalue weighted by molar-refractivity contribution is 0.0195. The molecule has 1 fully saturated rings. The lowest BCUT2D eigenvalue weighted by Crippen LogP contribution is -2.42. The maximum atomic E-state index is 12.6. The first-order chi connectivity index (χ1) is 13.3. The fraction of sp³-hybridized carbons (Fsp3) is 0.619. The summed E-state index contributed by atoms with van der Waals surface area (Å²) >= 11 is 6.41. The Morgan fingerprint density at radius 3 is 2.86 bits per heavy atom. The number of aryl methyl sites for hydroxylation is 1. The highest BCUT2D eigenvalue weighted by Gasteiger charge is 2.31. The fourth-order valence-electron chi connectivity index (χ4n) is 3.72. The van der Waals surface area contributed by atoms with E-state index in [9.17, 15) is 4.79 Å². The largest absolute Gasteiger partial charge is 0.444 e. The van der Waals surface area contributed by atoms with E-state index in [1.54, 1.807) is 12.0 Å². The number of carbonyl (C=O) groups is 1. The number of likely N-dealkylation sites (tertiary alicyclic amines) is 1. The SMILES string of the molecule is COCCCn1c(C2CCCN(C(=O)OC(C)(C)C)C2)nc2c(Cl)cccc21. The number of hydrogen-bond donors (Lipinski definition) is 0. The van der Waals surface area contributed by atoms with E-state index in [2.05, 4.69) is 10.6 Å². The maximum absolute atomic E-state index is 12.6. The number of nitrogens with zero attached hydrogens (tertiary/aromatic N) is 3. The summed E-state index contributed by atoms with van der Waals surface area (Å²) in [5.74, 6) is 1.15. The lowest BCUT2D eigenvalue weighted by atomic mass is 9.97. The van der Waals surface area contributed by atoms with Gasteiger partial charge in [-0.2, -0.15) is 0 Å². The molecule has 0 bridgehead atoms. The number of ether oxygens (including phenoxy) is 2. The molecule has 1 amide bonds. The van der Waals surface area contributed by atoms with E-state index in [1.165, 1.54) is 0 Å². The Balaban J connectivity index is 1.88. The number of halogens is 1. The van der Waals surface area contributed by atoms with Crippen LogP contribution in [0.5, 0.6) is 0 Å². The van der Waals surface area contributed by atoms with Crippen molar-refractivity contribution in [2.75, 3.05) is 26.8 Å². The molecule has 154 valence electrons. The number of methoxy groups -OCH3 is 1. The average Bonchev–Trinajstić information content (AvgIpc) is 3.01. The quantitative estimate of drug-likeness (QED) is 0.665. The first-order valence-electron chi connectivity index (χ1n) is 9.91. The number of piperidine rings is 1. The number of carbonyl (C=O) groups excluding carboxylic acids is 1. The third-order valence-corrected chi connectivity index (χ3v) is 5.23. The van der Waals surface area contributed by atoms with Crippen molar-refractivity contribution in [1.82, 2.24) is 14.5 Å². The van der Waals surface area contributed by atoms with Crippen LogP contribution in [0, 0.1) is 0 Å². The minimum atomic E-state index is -0.495.